The van der Waals surface area contributed by atoms with Crippen molar-refractivity contribution < 1.29 is 23.9 Å². The lowest BCUT2D eigenvalue weighted by Crippen LogP contribution is -2.23. The van der Waals surface area contributed by atoms with Crippen molar-refractivity contribution in [2.24, 2.45) is 0 Å². The Morgan fingerprint density at radius 3 is 2.22 bits per heavy atom. The minimum Gasteiger partial charge on any atom is -0.493 e. The molecule has 0 aliphatic rings. The first-order valence-electron chi connectivity index (χ1n) is 7.23. The first-order chi connectivity index (χ1) is 10.7. The number of carbonyl (C=O) groups is 1. The van der Waals surface area contributed by atoms with Gasteiger partial charge >= 0.3 is 5.97 Å². The summed E-state index contributed by atoms with van der Waals surface area (Å²) in [6, 6.07) is 3.55. The number of esters is 1. The molecule has 128 valence electrons. The van der Waals surface area contributed by atoms with Crippen LogP contribution in [0.15, 0.2) is 12.1 Å². The van der Waals surface area contributed by atoms with E-state index in [-0.39, 0.29) is 23.4 Å². The van der Waals surface area contributed by atoms with Crippen LogP contribution in [0.4, 0.5) is 5.69 Å². The third-order valence-electron chi connectivity index (χ3n) is 3.23. The summed E-state index contributed by atoms with van der Waals surface area (Å²) in [5, 5.41) is 11.2. The Kier molecular flexibility index (Phi) is 6.56. The highest BCUT2D eigenvalue weighted by Gasteiger charge is 2.22. The van der Waals surface area contributed by atoms with E-state index >= 15 is 0 Å². The molecule has 1 rings (SSSR count). The molecule has 0 saturated carbocycles. The van der Waals surface area contributed by atoms with Crippen LogP contribution < -0.4 is 9.47 Å². The van der Waals surface area contributed by atoms with E-state index in [1.54, 1.807) is 0 Å². The van der Waals surface area contributed by atoms with Gasteiger partial charge in [0.1, 0.15) is 0 Å². The lowest BCUT2D eigenvalue weighted by Gasteiger charge is -2.15. The average Bonchev–Trinajstić information content (AvgIpc) is 2.44. The van der Waals surface area contributed by atoms with Gasteiger partial charge in [-0.2, -0.15) is 0 Å². The first-order valence-corrected chi connectivity index (χ1v) is 10.9. The van der Waals surface area contributed by atoms with Crippen LogP contribution in [-0.4, -0.2) is 39.8 Å². The number of hydrogen-bond acceptors (Lipinski definition) is 6. The molecule has 0 spiro atoms. The zero-order valence-electron chi connectivity index (χ0n) is 14.2. The number of nitro groups is 1. The van der Waals surface area contributed by atoms with E-state index in [1.807, 2.05) is 0 Å². The number of ether oxygens (including phenoxy) is 3. The smallest absolute Gasteiger partial charge is 0.310 e. The maximum Gasteiger partial charge on any atom is 0.310 e. The SMILES string of the molecule is COc1cc(CC(=O)OCC[Si](C)(C)C)c([N+](=O)[O-])cc1OC. The van der Waals surface area contributed by atoms with E-state index in [0.29, 0.717) is 12.4 Å². The minimum absolute atomic E-state index is 0.178. The van der Waals surface area contributed by atoms with Crippen molar-refractivity contribution in [3.05, 3.63) is 27.8 Å². The summed E-state index contributed by atoms with van der Waals surface area (Å²) in [5.74, 6) is 0.0941. The highest BCUT2D eigenvalue weighted by Crippen LogP contribution is 2.34. The molecule has 0 N–H and O–H groups in total. The zero-order chi connectivity index (χ0) is 17.6. The summed E-state index contributed by atoms with van der Waals surface area (Å²) in [6.07, 6.45) is -0.178. The average molecular weight is 341 g/mol. The molecular formula is C15H23NO6Si. The molecule has 0 atom stereocenters. The molecule has 23 heavy (non-hydrogen) atoms. The Balaban J connectivity index is 2.89. The van der Waals surface area contributed by atoms with Gasteiger partial charge in [-0.25, -0.2) is 0 Å². The number of hydrogen-bond donors (Lipinski definition) is 0. The van der Waals surface area contributed by atoms with E-state index in [1.165, 1.54) is 26.4 Å². The van der Waals surface area contributed by atoms with Crippen LogP contribution in [0.1, 0.15) is 5.56 Å². The van der Waals surface area contributed by atoms with Crippen LogP contribution in [0.25, 0.3) is 0 Å². The van der Waals surface area contributed by atoms with Crippen molar-refractivity contribution in [1.29, 1.82) is 0 Å². The Morgan fingerprint density at radius 1 is 1.17 bits per heavy atom. The normalized spacial score (nSPS) is 11.0. The summed E-state index contributed by atoms with van der Waals surface area (Å²) in [5.41, 5.74) is 0.0513. The maximum atomic E-state index is 11.9. The molecule has 0 amide bonds. The number of methoxy groups -OCH3 is 2. The fraction of sp³-hybridized carbons (Fsp3) is 0.533. The van der Waals surface area contributed by atoms with E-state index in [0.717, 1.165) is 6.04 Å². The monoisotopic (exact) mass is 341 g/mol. The Bertz CT molecular complexity index is 582. The number of nitrogens with zero attached hydrogens (tertiary/aromatic N) is 1. The van der Waals surface area contributed by atoms with Crippen LogP contribution in [0.3, 0.4) is 0 Å². The maximum absolute atomic E-state index is 11.9. The third kappa shape index (κ3) is 5.89. The van der Waals surface area contributed by atoms with E-state index in [9.17, 15) is 14.9 Å². The van der Waals surface area contributed by atoms with Crippen LogP contribution in [0.5, 0.6) is 11.5 Å². The van der Waals surface area contributed by atoms with Crippen LogP contribution in [0.2, 0.25) is 25.7 Å². The molecule has 1 aromatic rings. The van der Waals surface area contributed by atoms with Crippen molar-refractivity contribution in [3.63, 3.8) is 0 Å². The predicted molar refractivity (Wildman–Crippen MR) is 89.0 cm³/mol. The molecule has 0 unspecified atom stereocenters. The Morgan fingerprint density at radius 2 is 1.74 bits per heavy atom. The Hall–Kier alpha value is -2.09. The van der Waals surface area contributed by atoms with Crippen LogP contribution in [0, 0.1) is 10.1 Å². The van der Waals surface area contributed by atoms with Crippen molar-refractivity contribution in [2.45, 2.75) is 32.1 Å². The lowest BCUT2D eigenvalue weighted by atomic mass is 10.1. The molecule has 0 aliphatic carbocycles. The highest BCUT2D eigenvalue weighted by atomic mass is 28.3. The third-order valence-corrected chi connectivity index (χ3v) is 4.94. The number of benzene rings is 1. The van der Waals surface area contributed by atoms with Gasteiger partial charge in [0.15, 0.2) is 11.5 Å². The lowest BCUT2D eigenvalue weighted by molar-refractivity contribution is -0.385. The van der Waals surface area contributed by atoms with Crippen LogP contribution >= 0.6 is 0 Å². The molecule has 0 radical (unpaired) electrons. The van der Waals surface area contributed by atoms with E-state index in [2.05, 4.69) is 19.6 Å². The van der Waals surface area contributed by atoms with E-state index < -0.39 is 19.0 Å². The van der Waals surface area contributed by atoms with Gasteiger partial charge in [0.25, 0.3) is 5.69 Å². The molecule has 8 heteroatoms. The van der Waals surface area contributed by atoms with Gasteiger partial charge in [-0.1, -0.05) is 19.6 Å². The molecule has 0 fully saturated rings. The second-order valence-electron chi connectivity index (χ2n) is 6.30. The molecule has 1 aromatic carbocycles. The van der Waals surface area contributed by atoms with Gasteiger partial charge < -0.3 is 14.2 Å². The number of rotatable bonds is 8. The molecule has 0 saturated heterocycles. The molecule has 0 bridgehead atoms. The van der Waals surface area contributed by atoms with Crippen molar-refractivity contribution >= 4 is 19.7 Å². The largest absolute Gasteiger partial charge is 0.493 e. The predicted octanol–water partition coefficient (Wildman–Crippen LogP) is 3.04. The quantitative estimate of drug-likeness (QED) is 0.312. The van der Waals surface area contributed by atoms with Gasteiger partial charge in [0.05, 0.1) is 38.2 Å². The number of nitro benzene ring substituents is 1. The summed E-state index contributed by atoms with van der Waals surface area (Å²) < 4.78 is 15.4. The summed E-state index contributed by atoms with van der Waals surface area (Å²) in [6.45, 7) is 6.88. The standard InChI is InChI=1S/C15H23NO6Si/c1-20-13-8-11(12(16(18)19)10-14(13)21-2)9-15(17)22-6-7-23(3,4)5/h8,10H,6-7,9H2,1-5H3. The molecule has 7 nitrogen and oxygen atoms in total. The van der Waals surface area contributed by atoms with Crippen LogP contribution in [-0.2, 0) is 16.0 Å². The van der Waals surface area contributed by atoms with Gasteiger partial charge in [-0.3, -0.25) is 14.9 Å². The van der Waals surface area contributed by atoms with Gasteiger partial charge in [-0.05, 0) is 12.1 Å². The topological polar surface area (TPSA) is 87.9 Å². The second-order valence-corrected chi connectivity index (χ2v) is 11.9. The van der Waals surface area contributed by atoms with Gasteiger partial charge in [-0.15, -0.1) is 0 Å². The van der Waals surface area contributed by atoms with Gasteiger partial charge in [0, 0.05) is 13.6 Å². The fourth-order valence-corrected chi connectivity index (χ4v) is 2.61. The Labute approximate surface area is 136 Å². The zero-order valence-corrected chi connectivity index (χ0v) is 15.2. The fourth-order valence-electron chi connectivity index (χ4n) is 1.90. The van der Waals surface area contributed by atoms with Crippen molar-refractivity contribution in [3.8, 4) is 11.5 Å². The molecule has 0 aromatic heterocycles. The molecule has 0 heterocycles. The number of carbonyl (C=O) groups excluding carboxylic acids is 1. The van der Waals surface area contributed by atoms with Crippen molar-refractivity contribution in [2.75, 3.05) is 20.8 Å². The van der Waals surface area contributed by atoms with E-state index in [4.69, 9.17) is 14.2 Å². The summed E-state index contributed by atoms with van der Waals surface area (Å²) in [7, 11) is 1.53. The summed E-state index contributed by atoms with van der Waals surface area (Å²) in [4.78, 5) is 22.6. The first kappa shape index (κ1) is 19.0. The molecular weight excluding hydrogens is 318 g/mol. The van der Waals surface area contributed by atoms with Crippen molar-refractivity contribution in [1.82, 2.24) is 0 Å². The second kappa shape index (κ2) is 7.96. The molecule has 0 aliphatic heterocycles. The summed E-state index contributed by atoms with van der Waals surface area (Å²) >= 11 is 0. The highest BCUT2D eigenvalue weighted by molar-refractivity contribution is 6.76. The van der Waals surface area contributed by atoms with Gasteiger partial charge in [0.2, 0.25) is 0 Å². The minimum atomic E-state index is -1.29.